The molecule has 0 bridgehead atoms. The highest BCUT2D eigenvalue weighted by Crippen LogP contribution is 2.44. The average Bonchev–Trinajstić information content (AvgIpc) is 3.78. The van der Waals surface area contributed by atoms with Gasteiger partial charge in [0.15, 0.2) is 11.2 Å². The van der Waals surface area contributed by atoms with Crippen LogP contribution < -0.4 is 4.90 Å². The first kappa shape index (κ1) is 27.5. The maximum absolute atomic E-state index is 6.60. The Bertz CT molecular complexity index is 2820. The van der Waals surface area contributed by atoms with Crippen LogP contribution in [0, 0.1) is 0 Å². The zero-order valence-electron chi connectivity index (χ0n) is 26.4. The smallest absolute Gasteiger partial charge is 0.227 e. The zero-order chi connectivity index (χ0) is 32.3. The second kappa shape index (κ2) is 11.0. The Morgan fingerprint density at radius 1 is 0.429 bits per heavy atom. The lowest BCUT2D eigenvalue weighted by atomic mass is 9.99. The van der Waals surface area contributed by atoms with Crippen molar-refractivity contribution < 1.29 is 8.83 Å². The van der Waals surface area contributed by atoms with Crippen LogP contribution in [0.4, 0.5) is 17.1 Å². The highest BCUT2D eigenvalue weighted by molar-refractivity contribution is 6.19. The molecule has 10 aromatic rings. The summed E-state index contributed by atoms with van der Waals surface area (Å²) in [4.78, 5) is 7.19. The summed E-state index contributed by atoms with van der Waals surface area (Å²) in [6.45, 7) is 0. The summed E-state index contributed by atoms with van der Waals surface area (Å²) >= 11 is 0. The van der Waals surface area contributed by atoms with Crippen LogP contribution in [0.3, 0.4) is 0 Å². The third-order valence-corrected chi connectivity index (χ3v) is 9.47. The molecule has 0 radical (unpaired) electrons. The Morgan fingerprint density at radius 3 is 1.92 bits per heavy atom. The van der Waals surface area contributed by atoms with Crippen LogP contribution in [0.2, 0.25) is 0 Å². The summed E-state index contributed by atoms with van der Waals surface area (Å²) in [7, 11) is 0. The molecule has 0 fully saturated rings. The molecule has 230 valence electrons. The van der Waals surface area contributed by atoms with E-state index in [9.17, 15) is 0 Å². The molecule has 2 aromatic heterocycles. The molecule has 0 amide bonds. The minimum absolute atomic E-state index is 0.618. The van der Waals surface area contributed by atoms with Gasteiger partial charge in [0.2, 0.25) is 5.89 Å². The Labute approximate surface area is 282 Å². The number of oxazole rings is 1. The van der Waals surface area contributed by atoms with Gasteiger partial charge in [0, 0.05) is 33.1 Å². The minimum Gasteiger partial charge on any atom is -0.454 e. The molecule has 4 nitrogen and oxygen atoms in total. The summed E-state index contributed by atoms with van der Waals surface area (Å²) in [5, 5.41) is 6.56. The van der Waals surface area contributed by atoms with Crippen molar-refractivity contribution in [1.82, 2.24) is 4.98 Å². The number of hydrogen-bond donors (Lipinski definition) is 0. The quantitative estimate of drug-likeness (QED) is 0.178. The molecule has 0 saturated carbocycles. The first-order valence-corrected chi connectivity index (χ1v) is 16.5. The standard InChI is InChI=1S/C45H28N2O2/c1-3-10-29(11-4-1)30-20-24-34(25-21-30)47(40-16-9-15-37-36-14-7-8-17-41(36)48-43(37)40)35-26-22-31-18-19-32-23-27-39-44(42(32)38(31)28-35)49-45(46-39)33-12-5-2-6-13-33/h1-28H. The van der Waals surface area contributed by atoms with Crippen molar-refractivity contribution in [3.05, 3.63) is 170 Å². The fraction of sp³-hybridized carbons (Fsp3) is 0. The number of fused-ring (bicyclic) bond motifs is 8. The Morgan fingerprint density at radius 2 is 1.08 bits per heavy atom. The molecule has 0 aliphatic heterocycles. The van der Waals surface area contributed by atoms with E-state index >= 15 is 0 Å². The van der Waals surface area contributed by atoms with Crippen molar-refractivity contribution in [3.8, 4) is 22.6 Å². The monoisotopic (exact) mass is 628 g/mol. The SMILES string of the molecule is c1ccc(-c2ccc(N(c3ccc4ccc5ccc6nc(-c7ccccc7)oc6c5c4c3)c3cccc4c3oc3ccccc34)cc2)cc1. The summed E-state index contributed by atoms with van der Waals surface area (Å²) < 4.78 is 13.1. The van der Waals surface area contributed by atoms with E-state index in [0.717, 1.165) is 82.8 Å². The van der Waals surface area contributed by atoms with Gasteiger partial charge >= 0.3 is 0 Å². The van der Waals surface area contributed by atoms with Crippen molar-refractivity contribution in [3.63, 3.8) is 0 Å². The van der Waals surface area contributed by atoms with Gasteiger partial charge in [-0.25, -0.2) is 4.98 Å². The largest absolute Gasteiger partial charge is 0.454 e. The van der Waals surface area contributed by atoms with E-state index in [0.29, 0.717) is 5.89 Å². The molecule has 8 aromatic carbocycles. The number of anilines is 3. The van der Waals surface area contributed by atoms with E-state index in [1.165, 1.54) is 5.56 Å². The van der Waals surface area contributed by atoms with E-state index in [2.05, 4.69) is 120 Å². The number of nitrogens with zero attached hydrogens (tertiary/aromatic N) is 2. The topological polar surface area (TPSA) is 42.4 Å². The second-order valence-corrected chi connectivity index (χ2v) is 12.4. The molecule has 10 rings (SSSR count). The molecule has 4 heteroatoms. The molecule has 0 atom stereocenters. The van der Waals surface area contributed by atoms with Crippen LogP contribution in [-0.4, -0.2) is 4.98 Å². The molecular weight excluding hydrogens is 601 g/mol. The van der Waals surface area contributed by atoms with Gasteiger partial charge in [0.05, 0.1) is 5.69 Å². The van der Waals surface area contributed by atoms with E-state index in [1.54, 1.807) is 0 Å². The molecule has 2 heterocycles. The Hall–Kier alpha value is -6.65. The van der Waals surface area contributed by atoms with E-state index in [1.807, 2.05) is 54.6 Å². The molecule has 0 N–H and O–H groups in total. The molecular formula is C45H28N2O2. The van der Waals surface area contributed by atoms with Gasteiger partial charge in [-0.2, -0.15) is 0 Å². The van der Waals surface area contributed by atoms with Crippen molar-refractivity contribution in [1.29, 1.82) is 0 Å². The predicted octanol–water partition coefficient (Wildman–Crippen LogP) is 12.8. The van der Waals surface area contributed by atoms with Crippen molar-refractivity contribution in [2.24, 2.45) is 0 Å². The van der Waals surface area contributed by atoms with Crippen molar-refractivity contribution in [2.75, 3.05) is 4.90 Å². The lowest BCUT2D eigenvalue weighted by Gasteiger charge is -2.26. The molecule has 49 heavy (non-hydrogen) atoms. The molecule has 0 spiro atoms. The Balaban J connectivity index is 1.22. The molecule has 0 aliphatic carbocycles. The fourth-order valence-electron chi connectivity index (χ4n) is 7.12. The number of aromatic nitrogens is 1. The lowest BCUT2D eigenvalue weighted by Crippen LogP contribution is -2.10. The maximum atomic E-state index is 6.60. The molecule has 0 saturated heterocycles. The van der Waals surface area contributed by atoms with Crippen LogP contribution in [-0.2, 0) is 0 Å². The van der Waals surface area contributed by atoms with Gasteiger partial charge < -0.3 is 13.7 Å². The first-order valence-electron chi connectivity index (χ1n) is 16.5. The third-order valence-electron chi connectivity index (χ3n) is 9.47. The summed E-state index contributed by atoms with van der Waals surface area (Å²) in [5.41, 5.74) is 9.66. The highest BCUT2D eigenvalue weighted by Gasteiger charge is 2.21. The zero-order valence-corrected chi connectivity index (χ0v) is 26.4. The van der Waals surface area contributed by atoms with Gasteiger partial charge in [-0.05, 0) is 81.9 Å². The van der Waals surface area contributed by atoms with Gasteiger partial charge in [-0.15, -0.1) is 0 Å². The van der Waals surface area contributed by atoms with Crippen molar-refractivity contribution in [2.45, 2.75) is 0 Å². The number of rotatable bonds is 5. The molecule has 0 aliphatic rings. The van der Waals surface area contributed by atoms with Crippen LogP contribution >= 0.6 is 0 Å². The summed E-state index contributed by atoms with van der Waals surface area (Å²) in [6.07, 6.45) is 0. The fourth-order valence-corrected chi connectivity index (χ4v) is 7.12. The maximum Gasteiger partial charge on any atom is 0.227 e. The number of furan rings is 1. The van der Waals surface area contributed by atoms with E-state index in [4.69, 9.17) is 13.8 Å². The molecule has 0 unspecified atom stereocenters. The van der Waals surface area contributed by atoms with Crippen LogP contribution in [0.1, 0.15) is 0 Å². The van der Waals surface area contributed by atoms with E-state index in [-0.39, 0.29) is 0 Å². The minimum atomic E-state index is 0.618. The Kier molecular flexibility index (Phi) is 6.15. The number of para-hydroxylation sites is 2. The van der Waals surface area contributed by atoms with Crippen LogP contribution in [0.15, 0.2) is 179 Å². The summed E-state index contributed by atoms with van der Waals surface area (Å²) in [6, 6.07) is 59.2. The predicted molar refractivity (Wildman–Crippen MR) is 202 cm³/mol. The highest BCUT2D eigenvalue weighted by atomic mass is 16.3. The third kappa shape index (κ3) is 4.49. The van der Waals surface area contributed by atoms with Gasteiger partial charge in [-0.1, -0.05) is 115 Å². The first-order chi connectivity index (χ1) is 24.3. The summed E-state index contributed by atoms with van der Waals surface area (Å²) in [5.74, 6) is 0.618. The normalized spacial score (nSPS) is 11.7. The number of hydrogen-bond acceptors (Lipinski definition) is 4. The lowest BCUT2D eigenvalue weighted by molar-refractivity contribution is 0.623. The second-order valence-electron chi connectivity index (χ2n) is 12.4. The van der Waals surface area contributed by atoms with Crippen LogP contribution in [0.5, 0.6) is 0 Å². The average molecular weight is 629 g/mol. The van der Waals surface area contributed by atoms with Gasteiger partial charge in [-0.3, -0.25) is 0 Å². The van der Waals surface area contributed by atoms with Crippen LogP contribution in [0.25, 0.3) is 77.2 Å². The number of benzene rings is 8. The van der Waals surface area contributed by atoms with Crippen molar-refractivity contribution >= 4 is 71.6 Å². The van der Waals surface area contributed by atoms with Gasteiger partial charge in [0.1, 0.15) is 11.1 Å². The van der Waals surface area contributed by atoms with E-state index < -0.39 is 0 Å². The van der Waals surface area contributed by atoms with Gasteiger partial charge in [0.25, 0.3) is 0 Å².